The molecular weight excluding hydrogens is 226 g/mol. The summed E-state index contributed by atoms with van der Waals surface area (Å²) in [5.41, 5.74) is 1.05. The van der Waals surface area contributed by atoms with Crippen molar-refractivity contribution in [1.82, 2.24) is 19.5 Å². The lowest BCUT2D eigenvalue weighted by molar-refractivity contribution is 0.792. The fraction of sp³-hybridized carbons (Fsp3) is 0.462. The fourth-order valence-electron chi connectivity index (χ4n) is 1.86. The van der Waals surface area contributed by atoms with Gasteiger partial charge in [-0.3, -0.25) is 4.57 Å². The second-order valence-corrected chi connectivity index (χ2v) is 4.19. The zero-order valence-electron chi connectivity index (χ0n) is 11.1. The monoisotopic (exact) mass is 245 g/mol. The number of aromatic nitrogens is 4. The van der Waals surface area contributed by atoms with Crippen LogP contribution in [0.4, 0.5) is 5.95 Å². The molecule has 0 atom stereocenters. The van der Waals surface area contributed by atoms with Crippen LogP contribution < -0.4 is 5.32 Å². The third-order valence-electron chi connectivity index (χ3n) is 2.70. The summed E-state index contributed by atoms with van der Waals surface area (Å²) in [6.45, 7) is 7.01. The van der Waals surface area contributed by atoms with Gasteiger partial charge in [0, 0.05) is 37.1 Å². The van der Waals surface area contributed by atoms with E-state index in [1.165, 1.54) is 0 Å². The summed E-state index contributed by atoms with van der Waals surface area (Å²) < 4.78 is 2.04. The third-order valence-corrected chi connectivity index (χ3v) is 2.70. The molecule has 0 saturated heterocycles. The first-order chi connectivity index (χ1) is 8.76. The van der Waals surface area contributed by atoms with Crippen LogP contribution in [0.15, 0.2) is 18.6 Å². The Morgan fingerprint density at radius 3 is 2.83 bits per heavy atom. The highest BCUT2D eigenvalue weighted by atomic mass is 15.2. The van der Waals surface area contributed by atoms with Gasteiger partial charge in [0.05, 0.1) is 0 Å². The average Bonchev–Trinajstić information content (AvgIpc) is 2.81. The van der Waals surface area contributed by atoms with Crippen molar-refractivity contribution in [3.05, 3.63) is 30.0 Å². The summed E-state index contributed by atoms with van der Waals surface area (Å²) in [7, 11) is 0. The molecule has 18 heavy (non-hydrogen) atoms. The van der Waals surface area contributed by atoms with Gasteiger partial charge in [-0.2, -0.15) is 4.98 Å². The Balaban J connectivity index is 2.42. The normalized spacial score (nSPS) is 10.6. The van der Waals surface area contributed by atoms with Gasteiger partial charge in [-0.1, -0.05) is 6.92 Å². The van der Waals surface area contributed by atoms with Crippen molar-refractivity contribution < 1.29 is 0 Å². The molecule has 0 aliphatic heterocycles. The molecule has 0 spiro atoms. The maximum atomic E-state index is 4.55. The zero-order valence-corrected chi connectivity index (χ0v) is 11.1. The Hall–Kier alpha value is -1.91. The van der Waals surface area contributed by atoms with Crippen LogP contribution in [0.1, 0.15) is 31.7 Å². The van der Waals surface area contributed by atoms with Gasteiger partial charge in [-0.25, -0.2) is 9.97 Å². The highest BCUT2D eigenvalue weighted by Crippen LogP contribution is 2.15. The van der Waals surface area contributed by atoms with E-state index in [9.17, 15) is 0 Å². The molecule has 5 nitrogen and oxygen atoms in total. The Morgan fingerprint density at radius 1 is 1.28 bits per heavy atom. The van der Waals surface area contributed by atoms with Crippen LogP contribution >= 0.6 is 0 Å². The van der Waals surface area contributed by atoms with Gasteiger partial charge >= 0.3 is 0 Å². The molecule has 0 aliphatic carbocycles. The van der Waals surface area contributed by atoms with E-state index in [0.29, 0.717) is 5.95 Å². The van der Waals surface area contributed by atoms with Gasteiger partial charge in [0.1, 0.15) is 11.6 Å². The van der Waals surface area contributed by atoms with E-state index in [4.69, 9.17) is 0 Å². The fourth-order valence-corrected chi connectivity index (χ4v) is 1.86. The van der Waals surface area contributed by atoms with Gasteiger partial charge < -0.3 is 5.32 Å². The number of rotatable bonds is 5. The molecule has 0 bridgehead atoms. The Labute approximate surface area is 107 Å². The van der Waals surface area contributed by atoms with E-state index >= 15 is 0 Å². The molecule has 1 N–H and O–H groups in total. The van der Waals surface area contributed by atoms with Crippen molar-refractivity contribution in [1.29, 1.82) is 0 Å². The predicted molar refractivity (Wildman–Crippen MR) is 72.0 cm³/mol. The quantitative estimate of drug-likeness (QED) is 0.878. The minimum atomic E-state index is 0.661. The van der Waals surface area contributed by atoms with E-state index < -0.39 is 0 Å². The van der Waals surface area contributed by atoms with Crippen molar-refractivity contribution in [3.63, 3.8) is 0 Å². The van der Waals surface area contributed by atoms with Crippen molar-refractivity contribution in [2.24, 2.45) is 0 Å². The lowest BCUT2D eigenvalue weighted by atomic mass is 10.3. The standard InChI is InChI=1S/C13H19N5/c1-4-6-11-15-7-8-18(11)12-10(3)9-16-13(17-12)14-5-2/h7-9H,4-6H2,1-3H3,(H,14,16,17). The van der Waals surface area contributed by atoms with E-state index in [1.807, 2.05) is 37.0 Å². The lowest BCUT2D eigenvalue weighted by Crippen LogP contribution is -2.09. The summed E-state index contributed by atoms with van der Waals surface area (Å²) in [4.78, 5) is 13.2. The number of nitrogens with one attached hydrogen (secondary N) is 1. The first-order valence-electron chi connectivity index (χ1n) is 6.36. The number of aryl methyl sites for hydroxylation is 2. The Bertz CT molecular complexity index is 518. The van der Waals surface area contributed by atoms with Crippen molar-refractivity contribution in [3.8, 4) is 5.82 Å². The van der Waals surface area contributed by atoms with Crippen molar-refractivity contribution in [2.75, 3.05) is 11.9 Å². The molecule has 2 heterocycles. The lowest BCUT2D eigenvalue weighted by Gasteiger charge is -2.10. The van der Waals surface area contributed by atoms with Crippen LogP contribution in [-0.2, 0) is 6.42 Å². The minimum Gasteiger partial charge on any atom is -0.354 e. The summed E-state index contributed by atoms with van der Waals surface area (Å²) in [5.74, 6) is 2.61. The maximum absolute atomic E-state index is 4.55. The second-order valence-electron chi connectivity index (χ2n) is 4.19. The van der Waals surface area contributed by atoms with Crippen LogP contribution in [0.25, 0.3) is 5.82 Å². The van der Waals surface area contributed by atoms with E-state index in [0.717, 1.165) is 36.6 Å². The largest absolute Gasteiger partial charge is 0.354 e. The second kappa shape index (κ2) is 5.62. The molecule has 0 saturated carbocycles. The molecule has 2 aromatic heterocycles. The highest BCUT2D eigenvalue weighted by molar-refractivity contribution is 5.38. The number of hydrogen-bond acceptors (Lipinski definition) is 4. The zero-order chi connectivity index (χ0) is 13.0. The Kier molecular flexibility index (Phi) is 3.92. The van der Waals surface area contributed by atoms with E-state index in [1.54, 1.807) is 0 Å². The van der Waals surface area contributed by atoms with Gasteiger partial charge in [0.2, 0.25) is 5.95 Å². The molecule has 2 rings (SSSR count). The summed E-state index contributed by atoms with van der Waals surface area (Å²) in [6.07, 6.45) is 7.64. The molecule has 0 fully saturated rings. The van der Waals surface area contributed by atoms with Crippen molar-refractivity contribution >= 4 is 5.95 Å². The molecule has 0 unspecified atom stereocenters. The molecule has 0 aromatic carbocycles. The highest BCUT2D eigenvalue weighted by Gasteiger charge is 2.09. The van der Waals surface area contributed by atoms with Crippen LogP contribution in [0, 0.1) is 6.92 Å². The van der Waals surface area contributed by atoms with Crippen LogP contribution in [-0.4, -0.2) is 26.1 Å². The molecule has 2 aromatic rings. The van der Waals surface area contributed by atoms with Crippen LogP contribution in [0.3, 0.4) is 0 Å². The topological polar surface area (TPSA) is 55.6 Å². The van der Waals surface area contributed by atoms with E-state index in [2.05, 4.69) is 27.2 Å². The number of imidazole rings is 1. The molecule has 0 aliphatic rings. The van der Waals surface area contributed by atoms with Crippen molar-refractivity contribution in [2.45, 2.75) is 33.6 Å². The summed E-state index contributed by atoms with van der Waals surface area (Å²) in [6, 6.07) is 0. The first kappa shape index (κ1) is 12.5. The summed E-state index contributed by atoms with van der Waals surface area (Å²) in [5, 5.41) is 3.13. The Morgan fingerprint density at radius 2 is 2.11 bits per heavy atom. The molecule has 0 amide bonds. The molecule has 96 valence electrons. The van der Waals surface area contributed by atoms with Crippen LogP contribution in [0.2, 0.25) is 0 Å². The van der Waals surface area contributed by atoms with Crippen LogP contribution in [0.5, 0.6) is 0 Å². The average molecular weight is 245 g/mol. The minimum absolute atomic E-state index is 0.661. The molecule has 0 radical (unpaired) electrons. The van der Waals surface area contributed by atoms with Gasteiger partial charge in [0.15, 0.2) is 0 Å². The summed E-state index contributed by atoms with van der Waals surface area (Å²) >= 11 is 0. The maximum Gasteiger partial charge on any atom is 0.224 e. The molecular formula is C13H19N5. The van der Waals surface area contributed by atoms with E-state index in [-0.39, 0.29) is 0 Å². The van der Waals surface area contributed by atoms with Gasteiger partial charge in [-0.05, 0) is 20.3 Å². The SMILES string of the molecule is CCCc1nccn1-c1nc(NCC)ncc1C. The smallest absolute Gasteiger partial charge is 0.224 e. The number of nitrogens with zero attached hydrogens (tertiary/aromatic N) is 4. The predicted octanol–water partition coefficient (Wildman–Crippen LogP) is 2.36. The van der Waals surface area contributed by atoms with Gasteiger partial charge in [0.25, 0.3) is 0 Å². The number of anilines is 1. The number of hydrogen-bond donors (Lipinski definition) is 1. The molecule has 5 heteroatoms. The first-order valence-corrected chi connectivity index (χ1v) is 6.36. The van der Waals surface area contributed by atoms with Gasteiger partial charge in [-0.15, -0.1) is 0 Å². The third kappa shape index (κ3) is 2.50.